The molecule has 0 amide bonds. The van der Waals surface area contributed by atoms with Gasteiger partial charge in [-0.2, -0.15) is 0 Å². The maximum absolute atomic E-state index is 2.50. The molecule has 1 fully saturated rings. The van der Waals surface area contributed by atoms with E-state index in [2.05, 4.69) is 37.4 Å². The summed E-state index contributed by atoms with van der Waals surface area (Å²) in [5.41, 5.74) is 4.61. The van der Waals surface area contributed by atoms with Crippen LogP contribution in [-0.2, 0) is 6.54 Å². The zero-order valence-corrected chi connectivity index (χ0v) is 12.3. The van der Waals surface area contributed by atoms with E-state index in [0.717, 1.165) is 6.04 Å². The molecule has 2 aliphatic heterocycles. The van der Waals surface area contributed by atoms with Crippen molar-refractivity contribution in [3.63, 3.8) is 0 Å². The molecule has 3 rings (SSSR count). The van der Waals surface area contributed by atoms with E-state index in [1.54, 1.807) is 16.0 Å². The van der Waals surface area contributed by atoms with Crippen LogP contribution in [0, 0.1) is 6.92 Å². The summed E-state index contributed by atoms with van der Waals surface area (Å²) in [4.78, 5) is 3.60. The van der Waals surface area contributed by atoms with E-state index in [9.17, 15) is 0 Å². The van der Waals surface area contributed by atoms with Crippen molar-refractivity contribution < 1.29 is 15.1 Å². The lowest BCUT2D eigenvalue weighted by Gasteiger charge is -2.35. The predicted octanol–water partition coefficient (Wildman–Crippen LogP) is -2.08. The third-order valence-electron chi connectivity index (χ3n) is 5.03. The van der Waals surface area contributed by atoms with E-state index in [4.69, 9.17) is 0 Å². The Labute approximate surface area is 116 Å². The van der Waals surface area contributed by atoms with Crippen LogP contribution in [0.5, 0.6) is 0 Å². The quantitative estimate of drug-likeness (QED) is 0.545. The van der Waals surface area contributed by atoms with Gasteiger partial charge in [0.25, 0.3) is 0 Å². The zero-order valence-electron chi connectivity index (χ0n) is 12.3. The maximum atomic E-state index is 2.50. The first-order valence-electron chi connectivity index (χ1n) is 7.87. The van der Waals surface area contributed by atoms with Gasteiger partial charge in [-0.1, -0.05) is 17.7 Å². The molecular formula is C16H28N3+3. The highest BCUT2D eigenvalue weighted by atomic mass is 15.3. The molecule has 0 unspecified atom stereocenters. The third-order valence-corrected chi connectivity index (χ3v) is 5.03. The Hall–Kier alpha value is -0.900. The molecule has 2 aliphatic rings. The van der Waals surface area contributed by atoms with Gasteiger partial charge in [0.2, 0.25) is 0 Å². The van der Waals surface area contributed by atoms with Gasteiger partial charge in [0.1, 0.15) is 39.3 Å². The highest BCUT2D eigenvalue weighted by molar-refractivity contribution is 5.33. The van der Waals surface area contributed by atoms with Crippen molar-refractivity contribution >= 4 is 0 Å². The van der Waals surface area contributed by atoms with Crippen molar-refractivity contribution in [3.05, 3.63) is 34.9 Å². The summed E-state index contributed by atoms with van der Waals surface area (Å²) in [6, 6.07) is 7.81. The standard InChI is InChI=1S/C16H25N3/c1-3-18-6-8-19(9-7-18)16-12-17-11-14-10-13(2)4-5-15(14)16/h4-5,10,16-17H,3,6-9,11-12H2,1-2H3/p+3/t16-/m1/s1. The van der Waals surface area contributed by atoms with Crippen LogP contribution in [-0.4, -0.2) is 39.3 Å². The Kier molecular flexibility index (Phi) is 3.87. The molecule has 4 N–H and O–H groups in total. The number of rotatable bonds is 2. The lowest BCUT2D eigenvalue weighted by atomic mass is 9.93. The molecule has 0 aromatic heterocycles. The number of hydrogen-bond donors (Lipinski definition) is 3. The molecule has 2 heterocycles. The number of quaternary nitrogens is 3. The minimum Gasteiger partial charge on any atom is -0.337 e. The molecule has 1 aromatic rings. The van der Waals surface area contributed by atoms with Crippen molar-refractivity contribution in [1.82, 2.24) is 0 Å². The van der Waals surface area contributed by atoms with Crippen LogP contribution in [0.15, 0.2) is 18.2 Å². The number of piperazine rings is 1. The number of nitrogens with two attached hydrogens (primary N) is 1. The Morgan fingerprint density at radius 1 is 1.21 bits per heavy atom. The lowest BCUT2D eigenvalue weighted by molar-refractivity contribution is -1.03. The molecule has 0 aliphatic carbocycles. The Bertz CT molecular complexity index is 436. The van der Waals surface area contributed by atoms with Crippen LogP contribution < -0.4 is 15.1 Å². The van der Waals surface area contributed by atoms with E-state index >= 15 is 0 Å². The molecular weight excluding hydrogens is 234 g/mol. The molecule has 1 aromatic carbocycles. The van der Waals surface area contributed by atoms with Gasteiger partial charge in [-0.15, -0.1) is 0 Å². The second-order valence-corrected chi connectivity index (χ2v) is 6.25. The van der Waals surface area contributed by atoms with Crippen molar-refractivity contribution in [2.24, 2.45) is 0 Å². The van der Waals surface area contributed by atoms with Gasteiger partial charge in [0.05, 0.1) is 6.54 Å². The van der Waals surface area contributed by atoms with E-state index in [1.165, 1.54) is 51.4 Å². The van der Waals surface area contributed by atoms with Crippen molar-refractivity contribution in [3.8, 4) is 0 Å². The van der Waals surface area contributed by atoms with Gasteiger partial charge in [0, 0.05) is 11.1 Å². The first-order chi connectivity index (χ1) is 9.28. The normalized spacial score (nSPS) is 30.9. The van der Waals surface area contributed by atoms with Gasteiger partial charge in [0.15, 0.2) is 6.04 Å². The number of fused-ring (bicyclic) bond motifs is 1. The zero-order chi connectivity index (χ0) is 13.2. The van der Waals surface area contributed by atoms with Gasteiger partial charge in [-0.25, -0.2) is 0 Å². The molecule has 3 heteroatoms. The van der Waals surface area contributed by atoms with Crippen LogP contribution in [0.2, 0.25) is 0 Å². The van der Waals surface area contributed by atoms with Gasteiger partial charge < -0.3 is 15.1 Å². The fraction of sp³-hybridized carbons (Fsp3) is 0.625. The van der Waals surface area contributed by atoms with Gasteiger partial charge >= 0.3 is 0 Å². The van der Waals surface area contributed by atoms with Gasteiger partial charge in [-0.05, 0) is 19.9 Å². The van der Waals surface area contributed by atoms with Crippen LogP contribution in [0.1, 0.15) is 29.7 Å². The molecule has 0 spiro atoms. The van der Waals surface area contributed by atoms with Crippen LogP contribution in [0.4, 0.5) is 0 Å². The third kappa shape index (κ3) is 2.69. The van der Waals surface area contributed by atoms with Crippen molar-refractivity contribution in [2.75, 3.05) is 39.3 Å². The topological polar surface area (TPSA) is 25.5 Å². The summed E-state index contributed by atoms with van der Waals surface area (Å²) in [5.74, 6) is 0. The summed E-state index contributed by atoms with van der Waals surface area (Å²) in [6.07, 6.45) is 0. The van der Waals surface area contributed by atoms with Crippen LogP contribution in [0.3, 0.4) is 0 Å². The Balaban J connectivity index is 1.77. The highest BCUT2D eigenvalue weighted by Crippen LogP contribution is 2.18. The SMILES string of the molecule is CC[NH+]1CC[NH+]([C@@H]2C[NH2+]Cc3cc(C)ccc32)CC1. The fourth-order valence-corrected chi connectivity index (χ4v) is 3.80. The molecule has 19 heavy (non-hydrogen) atoms. The Morgan fingerprint density at radius 2 is 2.00 bits per heavy atom. The maximum Gasteiger partial charge on any atom is 0.163 e. The molecule has 0 bridgehead atoms. The molecule has 0 saturated carbocycles. The second-order valence-electron chi connectivity index (χ2n) is 6.25. The monoisotopic (exact) mass is 262 g/mol. The first-order valence-corrected chi connectivity index (χ1v) is 7.87. The number of likely N-dealkylation sites (N-methyl/N-ethyl adjacent to an activating group) is 1. The smallest absolute Gasteiger partial charge is 0.163 e. The summed E-state index contributed by atoms with van der Waals surface area (Å²) < 4.78 is 0. The Morgan fingerprint density at radius 3 is 2.74 bits per heavy atom. The van der Waals surface area contributed by atoms with Crippen LogP contribution >= 0.6 is 0 Å². The molecule has 104 valence electrons. The van der Waals surface area contributed by atoms with E-state index in [1.807, 2.05) is 4.90 Å². The van der Waals surface area contributed by atoms with E-state index in [-0.39, 0.29) is 0 Å². The molecule has 0 radical (unpaired) electrons. The average Bonchev–Trinajstić information content (AvgIpc) is 2.46. The van der Waals surface area contributed by atoms with Crippen LogP contribution in [0.25, 0.3) is 0 Å². The fourth-order valence-electron chi connectivity index (χ4n) is 3.80. The summed E-state index contributed by atoms with van der Waals surface area (Å²) in [7, 11) is 0. The lowest BCUT2D eigenvalue weighted by Crippen LogP contribution is -3.28. The second kappa shape index (κ2) is 5.61. The van der Waals surface area contributed by atoms with Crippen molar-refractivity contribution in [1.29, 1.82) is 0 Å². The first kappa shape index (κ1) is 13.1. The summed E-state index contributed by atoms with van der Waals surface area (Å²) >= 11 is 0. The number of aryl methyl sites for hydroxylation is 1. The predicted molar refractivity (Wildman–Crippen MR) is 76.4 cm³/mol. The molecule has 3 nitrogen and oxygen atoms in total. The minimum absolute atomic E-state index is 0.725. The minimum atomic E-state index is 0.725. The molecule has 1 saturated heterocycles. The summed E-state index contributed by atoms with van der Waals surface area (Å²) in [6.45, 7) is 13.6. The average molecular weight is 262 g/mol. The van der Waals surface area contributed by atoms with E-state index < -0.39 is 0 Å². The number of nitrogens with one attached hydrogen (secondary N) is 2. The molecule has 1 atom stereocenters. The highest BCUT2D eigenvalue weighted by Gasteiger charge is 2.34. The summed E-state index contributed by atoms with van der Waals surface area (Å²) in [5, 5.41) is 2.50. The van der Waals surface area contributed by atoms with Gasteiger partial charge in [-0.3, -0.25) is 0 Å². The largest absolute Gasteiger partial charge is 0.337 e. The number of benzene rings is 1. The van der Waals surface area contributed by atoms with E-state index in [0.29, 0.717) is 0 Å². The van der Waals surface area contributed by atoms with Crippen molar-refractivity contribution in [2.45, 2.75) is 26.4 Å². The number of hydrogen-bond acceptors (Lipinski definition) is 0.